The molecule has 0 aromatic carbocycles. The van der Waals surface area contributed by atoms with Gasteiger partial charge >= 0.3 is 6.47 Å². The zero-order chi connectivity index (χ0) is 7.11. The molecular formula is C5H9O3S. The van der Waals surface area contributed by atoms with Crippen molar-refractivity contribution >= 4 is 18.2 Å². The number of rotatable bonds is 5. The van der Waals surface area contributed by atoms with Crippen molar-refractivity contribution in [1.82, 2.24) is 0 Å². The van der Waals surface area contributed by atoms with Crippen LogP contribution in [0, 0.1) is 0 Å². The highest BCUT2D eigenvalue weighted by molar-refractivity contribution is 7.98. The zero-order valence-electron chi connectivity index (χ0n) is 5.42. The molecule has 1 atom stereocenters. The minimum Gasteiger partial charge on any atom is -0.428 e. The lowest BCUT2D eigenvalue weighted by atomic mass is 10.8. The van der Waals surface area contributed by atoms with Gasteiger partial charge < -0.3 is 9.47 Å². The molecule has 0 spiro atoms. The Labute approximate surface area is 58.7 Å². The number of ether oxygens (including phenoxy) is 2. The molecule has 0 saturated carbocycles. The second-order valence-electron chi connectivity index (χ2n) is 1.34. The molecule has 0 fully saturated rings. The normalized spacial score (nSPS) is 12.7. The summed E-state index contributed by atoms with van der Waals surface area (Å²) in [6.07, 6.45) is 1.42. The van der Waals surface area contributed by atoms with E-state index in [1.54, 1.807) is 6.92 Å². The van der Waals surface area contributed by atoms with Crippen molar-refractivity contribution in [2.24, 2.45) is 0 Å². The summed E-state index contributed by atoms with van der Waals surface area (Å²) in [4.78, 5) is 9.54. The first-order valence-corrected chi connectivity index (χ1v) is 3.84. The Balaban J connectivity index is 3.04. The predicted molar refractivity (Wildman–Crippen MR) is 35.7 cm³/mol. The SMILES string of the molecule is CSCOC(C)O[C]=O. The van der Waals surface area contributed by atoms with Crippen LogP contribution in [0.4, 0.5) is 0 Å². The largest absolute Gasteiger partial charge is 0.428 e. The fraction of sp³-hybridized carbons (Fsp3) is 0.800. The molecule has 53 valence electrons. The Kier molecular flexibility index (Phi) is 5.76. The van der Waals surface area contributed by atoms with E-state index >= 15 is 0 Å². The van der Waals surface area contributed by atoms with Crippen LogP contribution in [0.3, 0.4) is 0 Å². The zero-order valence-corrected chi connectivity index (χ0v) is 6.23. The molecule has 0 saturated heterocycles. The summed E-state index contributed by atoms with van der Waals surface area (Å²) >= 11 is 1.52. The van der Waals surface area contributed by atoms with Gasteiger partial charge in [0.05, 0.1) is 5.94 Å². The third-order valence-corrected chi connectivity index (χ3v) is 1.01. The van der Waals surface area contributed by atoms with E-state index in [4.69, 9.17) is 4.74 Å². The molecular weight excluding hydrogens is 140 g/mol. The van der Waals surface area contributed by atoms with Crippen molar-refractivity contribution in [1.29, 1.82) is 0 Å². The van der Waals surface area contributed by atoms with E-state index in [-0.39, 0.29) is 0 Å². The minimum absolute atomic E-state index is 0.477. The molecule has 0 heterocycles. The van der Waals surface area contributed by atoms with Crippen LogP contribution in [-0.4, -0.2) is 25.0 Å². The Morgan fingerprint density at radius 2 is 2.44 bits per heavy atom. The summed E-state index contributed by atoms with van der Waals surface area (Å²) in [5.41, 5.74) is 0. The first kappa shape index (κ1) is 8.78. The van der Waals surface area contributed by atoms with Gasteiger partial charge in [-0.05, 0) is 13.2 Å². The maximum atomic E-state index is 9.54. The summed E-state index contributed by atoms with van der Waals surface area (Å²) < 4.78 is 9.21. The number of thioether (sulfide) groups is 1. The van der Waals surface area contributed by atoms with Gasteiger partial charge in [0, 0.05) is 0 Å². The molecule has 0 bridgehead atoms. The predicted octanol–water partition coefficient (Wildman–Crippen LogP) is 0.753. The standard InChI is InChI=1S/C5H9O3S/c1-5(7-3-6)8-4-9-2/h5H,4H2,1-2H3. The van der Waals surface area contributed by atoms with E-state index in [2.05, 4.69) is 4.74 Å². The van der Waals surface area contributed by atoms with Gasteiger partial charge in [-0.3, -0.25) is 0 Å². The van der Waals surface area contributed by atoms with Gasteiger partial charge in [-0.25, -0.2) is 4.79 Å². The lowest BCUT2D eigenvalue weighted by molar-refractivity contribution is -0.0556. The summed E-state index contributed by atoms with van der Waals surface area (Å²) in [5, 5.41) is 0. The van der Waals surface area contributed by atoms with Gasteiger partial charge in [0.2, 0.25) is 6.29 Å². The molecule has 0 amide bonds. The van der Waals surface area contributed by atoms with Crippen LogP contribution in [0.15, 0.2) is 0 Å². The van der Waals surface area contributed by atoms with E-state index in [9.17, 15) is 4.79 Å². The van der Waals surface area contributed by atoms with Gasteiger partial charge in [0.25, 0.3) is 0 Å². The maximum Gasteiger partial charge on any atom is 0.419 e. The van der Waals surface area contributed by atoms with Crippen molar-refractivity contribution < 1.29 is 14.3 Å². The van der Waals surface area contributed by atoms with Crippen LogP contribution in [0.5, 0.6) is 0 Å². The Hall–Kier alpha value is -0.220. The second kappa shape index (κ2) is 5.91. The molecule has 0 aliphatic heterocycles. The fourth-order valence-electron chi connectivity index (χ4n) is 0.266. The van der Waals surface area contributed by atoms with E-state index in [1.165, 1.54) is 18.2 Å². The smallest absolute Gasteiger partial charge is 0.419 e. The number of carbonyl (C=O) groups excluding carboxylic acids is 1. The molecule has 0 aliphatic carbocycles. The Morgan fingerprint density at radius 3 is 2.89 bits per heavy atom. The summed E-state index contributed by atoms with van der Waals surface area (Å²) in [6.45, 7) is 2.93. The van der Waals surface area contributed by atoms with Crippen molar-refractivity contribution in [3.8, 4) is 0 Å². The van der Waals surface area contributed by atoms with E-state index in [0.717, 1.165) is 0 Å². The second-order valence-corrected chi connectivity index (χ2v) is 2.16. The molecule has 1 radical (unpaired) electrons. The highest BCUT2D eigenvalue weighted by atomic mass is 32.2. The molecule has 0 rings (SSSR count). The maximum absolute atomic E-state index is 9.54. The quantitative estimate of drug-likeness (QED) is 0.540. The molecule has 0 N–H and O–H groups in total. The first-order valence-electron chi connectivity index (χ1n) is 2.44. The van der Waals surface area contributed by atoms with Crippen LogP contribution >= 0.6 is 11.8 Å². The van der Waals surface area contributed by atoms with E-state index in [0.29, 0.717) is 5.94 Å². The van der Waals surface area contributed by atoms with Gasteiger partial charge in [0.1, 0.15) is 0 Å². The Bertz CT molecular complexity index is 76.6. The van der Waals surface area contributed by atoms with Crippen molar-refractivity contribution in [2.75, 3.05) is 12.2 Å². The Morgan fingerprint density at radius 1 is 1.78 bits per heavy atom. The van der Waals surface area contributed by atoms with Crippen LogP contribution in [-0.2, 0) is 14.3 Å². The van der Waals surface area contributed by atoms with Gasteiger partial charge in [-0.1, -0.05) is 0 Å². The van der Waals surface area contributed by atoms with Crippen LogP contribution in [0.2, 0.25) is 0 Å². The van der Waals surface area contributed by atoms with Crippen molar-refractivity contribution in [2.45, 2.75) is 13.2 Å². The third kappa shape index (κ3) is 5.65. The van der Waals surface area contributed by atoms with Crippen LogP contribution in [0.25, 0.3) is 0 Å². The number of hydrogen-bond acceptors (Lipinski definition) is 4. The molecule has 9 heavy (non-hydrogen) atoms. The van der Waals surface area contributed by atoms with Gasteiger partial charge in [-0.15, -0.1) is 11.8 Å². The van der Waals surface area contributed by atoms with Crippen molar-refractivity contribution in [3.05, 3.63) is 0 Å². The minimum atomic E-state index is -0.477. The van der Waals surface area contributed by atoms with E-state index < -0.39 is 6.29 Å². The average molecular weight is 149 g/mol. The molecule has 1 unspecified atom stereocenters. The molecule has 0 aromatic heterocycles. The lowest BCUT2D eigenvalue weighted by Gasteiger charge is -2.07. The van der Waals surface area contributed by atoms with Crippen molar-refractivity contribution in [3.63, 3.8) is 0 Å². The topological polar surface area (TPSA) is 35.5 Å². The first-order chi connectivity index (χ1) is 4.31. The molecule has 3 nitrogen and oxygen atoms in total. The molecule has 0 aromatic rings. The highest BCUT2D eigenvalue weighted by Gasteiger charge is 1.98. The van der Waals surface area contributed by atoms with Crippen LogP contribution < -0.4 is 0 Å². The monoisotopic (exact) mass is 149 g/mol. The summed E-state index contributed by atoms with van der Waals surface area (Å²) in [6, 6.07) is 0. The fourth-order valence-corrected chi connectivity index (χ4v) is 0.593. The molecule has 0 aliphatic rings. The molecule has 4 heteroatoms. The van der Waals surface area contributed by atoms with Crippen LogP contribution in [0.1, 0.15) is 6.92 Å². The van der Waals surface area contributed by atoms with Gasteiger partial charge in [-0.2, -0.15) is 0 Å². The summed E-state index contributed by atoms with van der Waals surface area (Å²) in [7, 11) is 0. The number of hydrogen-bond donors (Lipinski definition) is 0. The average Bonchev–Trinajstić information content (AvgIpc) is 1.85. The lowest BCUT2D eigenvalue weighted by Crippen LogP contribution is -2.10. The highest BCUT2D eigenvalue weighted by Crippen LogP contribution is 1.97. The van der Waals surface area contributed by atoms with Gasteiger partial charge in [0.15, 0.2) is 0 Å². The van der Waals surface area contributed by atoms with E-state index in [1.807, 2.05) is 6.26 Å². The summed E-state index contributed by atoms with van der Waals surface area (Å²) in [5.74, 6) is 0.531. The third-order valence-electron chi connectivity index (χ3n) is 0.635.